The molecule has 1 aliphatic rings. The van der Waals surface area contributed by atoms with E-state index in [0.717, 1.165) is 22.2 Å². The molecule has 1 aliphatic heterocycles. The van der Waals surface area contributed by atoms with Crippen molar-refractivity contribution in [2.24, 2.45) is 0 Å². The third-order valence-electron chi connectivity index (χ3n) is 2.54. The van der Waals surface area contributed by atoms with Gasteiger partial charge in [0, 0.05) is 5.03 Å². The highest BCUT2D eigenvalue weighted by Gasteiger charge is 2.33. The fourth-order valence-electron chi connectivity index (χ4n) is 1.65. The molecular formula is C14H10ClNO3S2. The first-order valence-corrected chi connectivity index (χ1v) is 7.47. The van der Waals surface area contributed by atoms with E-state index in [9.17, 15) is 9.59 Å². The van der Waals surface area contributed by atoms with Crippen LogP contribution in [0.1, 0.15) is 5.56 Å². The van der Waals surface area contributed by atoms with E-state index >= 15 is 0 Å². The molecule has 2 rings (SSSR count). The second kappa shape index (κ2) is 6.89. The fraction of sp³-hybridized carbons (Fsp3) is 0.0714. The number of nitrogens with zero attached hydrogens (tertiary/aromatic N) is 1. The highest BCUT2D eigenvalue weighted by atomic mass is 35.5. The number of carbonyl (C=O) groups is 2. The number of thiocarbonyl (C=S) groups is 1. The molecule has 0 unspecified atom stereocenters. The lowest BCUT2D eigenvalue weighted by Gasteiger charge is -2.10. The van der Waals surface area contributed by atoms with Crippen LogP contribution in [0.4, 0.5) is 0 Å². The number of benzene rings is 1. The molecule has 1 aromatic rings. The lowest BCUT2D eigenvalue weighted by molar-refractivity contribution is -0.140. The summed E-state index contributed by atoms with van der Waals surface area (Å²) >= 11 is 12.1. The molecule has 0 atom stereocenters. The van der Waals surface area contributed by atoms with E-state index in [1.165, 1.54) is 6.08 Å². The average molecular weight is 340 g/mol. The van der Waals surface area contributed by atoms with Crippen molar-refractivity contribution in [3.05, 3.63) is 51.9 Å². The zero-order valence-electron chi connectivity index (χ0n) is 10.7. The average Bonchev–Trinajstić information content (AvgIpc) is 2.67. The maximum absolute atomic E-state index is 12.0. The second-order valence-corrected chi connectivity index (χ2v) is 6.21. The number of rotatable bonds is 4. The van der Waals surface area contributed by atoms with Crippen LogP contribution >= 0.6 is 35.6 Å². The summed E-state index contributed by atoms with van der Waals surface area (Å²) in [6, 6.07) is 9.41. The summed E-state index contributed by atoms with van der Waals surface area (Å²) in [5, 5.41) is 9.12. The van der Waals surface area contributed by atoms with Crippen LogP contribution in [-0.4, -0.2) is 32.7 Å². The molecule has 21 heavy (non-hydrogen) atoms. The maximum Gasteiger partial charge on any atom is 0.323 e. The zero-order chi connectivity index (χ0) is 15.4. The number of carboxylic acid groups (broad SMARTS) is 1. The molecule has 0 bridgehead atoms. The molecule has 1 fully saturated rings. The van der Waals surface area contributed by atoms with Crippen molar-refractivity contribution in [2.75, 3.05) is 6.54 Å². The number of allylic oxidation sites excluding steroid dienone is 2. The van der Waals surface area contributed by atoms with Gasteiger partial charge in [-0.25, -0.2) is 0 Å². The number of amides is 1. The SMILES string of the molecule is O=C(O)CN1C(=O)C(=C/C(Cl)=C/c2ccccc2)SC1=S. The number of carboxylic acids is 1. The molecule has 1 saturated heterocycles. The van der Waals surface area contributed by atoms with Gasteiger partial charge in [-0.15, -0.1) is 0 Å². The quantitative estimate of drug-likeness (QED) is 0.674. The summed E-state index contributed by atoms with van der Waals surface area (Å²) in [5.74, 6) is -1.55. The Balaban J connectivity index is 2.18. The van der Waals surface area contributed by atoms with Crippen LogP contribution in [0.25, 0.3) is 6.08 Å². The van der Waals surface area contributed by atoms with Crippen LogP contribution < -0.4 is 0 Å². The molecule has 1 heterocycles. The van der Waals surface area contributed by atoms with E-state index in [2.05, 4.69) is 0 Å². The Kier molecular flexibility index (Phi) is 5.17. The Morgan fingerprint density at radius 3 is 2.67 bits per heavy atom. The largest absolute Gasteiger partial charge is 0.480 e. The van der Waals surface area contributed by atoms with Gasteiger partial charge in [-0.3, -0.25) is 14.5 Å². The number of halogens is 1. The molecule has 1 amide bonds. The minimum absolute atomic E-state index is 0.220. The van der Waals surface area contributed by atoms with E-state index in [4.69, 9.17) is 28.9 Å². The van der Waals surface area contributed by atoms with Crippen LogP contribution in [0.15, 0.2) is 46.3 Å². The first kappa shape index (κ1) is 15.8. The van der Waals surface area contributed by atoms with Crippen molar-refractivity contribution in [3.63, 3.8) is 0 Å². The van der Waals surface area contributed by atoms with Gasteiger partial charge in [0.2, 0.25) is 0 Å². The zero-order valence-corrected chi connectivity index (χ0v) is 13.0. The van der Waals surface area contributed by atoms with Crippen LogP contribution in [0, 0.1) is 0 Å². The van der Waals surface area contributed by atoms with Gasteiger partial charge in [0.25, 0.3) is 5.91 Å². The van der Waals surface area contributed by atoms with Crippen molar-refractivity contribution in [3.8, 4) is 0 Å². The van der Waals surface area contributed by atoms with Crippen LogP contribution in [-0.2, 0) is 9.59 Å². The normalized spacial score (nSPS) is 17.7. The molecule has 0 aromatic heterocycles. The minimum atomic E-state index is -1.11. The molecule has 4 nitrogen and oxygen atoms in total. The Labute approximate surface area is 136 Å². The molecule has 0 spiro atoms. The highest BCUT2D eigenvalue weighted by molar-refractivity contribution is 8.26. The lowest BCUT2D eigenvalue weighted by Crippen LogP contribution is -2.33. The molecule has 7 heteroatoms. The fourth-order valence-corrected chi connectivity index (χ4v) is 3.19. The van der Waals surface area contributed by atoms with Gasteiger partial charge in [0.05, 0.1) is 4.91 Å². The Morgan fingerprint density at radius 2 is 2.05 bits per heavy atom. The Morgan fingerprint density at radius 1 is 1.38 bits per heavy atom. The van der Waals surface area contributed by atoms with E-state index in [1.807, 2.05) is 30.3 Å². The van der Waals surface area contributed by atoms with Crippen molar-refractivity contribution in [1.82, 2.24) is 4.90 Å². The highest BCUT2D eigenvalue weighted by Crippen LogP contribution is 2.32. The number of carbonyl (C=O) groups excluding carboxylic acids is 1. The van der Waals surface area contributed by atoms with Gasteiger partial charge in [-0.05, 0) is 17.7 Å². The molecular weight excluding hydrogens is 330 g/mol. The number of hydrogen-bond acceptors (Lipinski definition) is 4. The molecule has 108 valence electrons. The summed E-state index contributed by atoms with van der Waals surface area (Å²) in [5.41, 5.74) is 0.903. The molecule has 1 N–H and O–H groups in total. The Bertz CT molecular complexity index is 655. The van der Waals surface area contributed by atoms with Gasteiger partial charge in [-0.2, -0.15) is 0 Å². The number of hydrogen-bond donors (Lipinski definition) is 1. The third-order valence-corrected chi connectivity index (χ3v) is 4.14. The summed E-state index contributed by atoms with van der Waals surface area (Å²) in [6.07, 6.45) is 3.21. The van der Waals surface area contributed by atoms with Crippen LogP contribution in [0.2, 0.25) is 0 Å². The Hall–Kier alpha value is -1.63. The van der Waals surface area contributed by atoms with Gasteiger partial charge in [-0.1, -0.05) is 65.9 Å². The first-order chi connectivity index (χ1) is 9.97. The second-order valence-electron chi connectivity index (χ2n) is 4.10. The molecule has 0 saturated carbocycles. The van der Waals surface area contributed by atoms with E-state index in [-0.39, 0.29) is 4.32 Å². The first-order valence-electron chi connectivity index (χ1n) is 5.87. The number of aliphatic carboxylic acids is 1. The smallest absolute Gasteiger partial charge is 0.323 e. The van der Waals surface area contributed by atoms with Gasteiger partial charge in [0.1, 0.15) is 10.9 Å². The van der Waals surface area contributed by atoms with Crippen molar-refractivity contribution in [2.45, 2.75) is 0 Å². The maximum atomic E-state index is 12.0. The molecule has 1 aromatic carbocycles. The van der Waals surface area contributed by atoms with E-state index in [1.54, 1.807) is 6.08 Å². The van der Waals surface area contributed by atoms with E-state index < -0.39 is 18.4 Å². The molecule has 0 radical (unpaired) electrons. The van der Waals surface area contributed by atoms with E-state index in [0.29, 0.717) is 9.94 Å². The number of thioether (sulfide) groups is 1. The van der Waals surface area contributed by atoms with Crippen molar-refractivity contribution >= 4 is 57.9 Å². The minimum Gasteiger partial charge on any atom is -0.480 e. The van der Waals surface area contributed by atoms with Gasteiger partial charge < -0.3 is 5.11 Å². The predicted octanol–water partition coefficient (Wildman–Crippen LogP) is 3.10. The van der Waals surface area contributed by atoms with Gasteiger partial charge >= 0.3 is 5.97 Å². The van der Waals surface area contributed by atoms with Gasteiger partial charge in [0.15, 0.2) is 0 Å². The monoisotopic (exact) mass is 339 g/mol. The van der Waals surface area contributed by atoms with Crippen molar-refractivity contribution in [1.29, 1.82) is 0 Å². The standard InChI is InChI=1S/C14H10ClNO3S2/c15-10(6-9-4-2-1-3-5-9)7-11-13(19)16(8-12(17)18)14(20)21-11/h1-7H,8H2,(H,17,18)/b10-6-,11-7?. The summed E-state index contributed by atoms with van der Waals surface area (Å²) in [4.78, 5) is 24.1. The van der Waals surface area contributed by atoms with Crippen molar-refractivity contribution < 1.29 is 14.7 Å². The summed E-state index contributed by atoms with van der Waals surface area (Å²) < 4.78 is 0.220. The molecule has 0 aliphatic carbocycles. The third kappa shape index (κ3) is 4.17. The van der Waals surface area contributed by atoms with Crippen LogP contribution in [0.5, 0.6) is 0 Å². The predicted molar refractivity (Wildman–Crippen MR) is 87.9 cm³/mol. The summed E-state index contributed by atoms with van der Waals surface area (Å²) in [6.45, 7) is -0.442. The summed E-state index contributed by atoms with van der Waals surface area (Å²) in [7, 11) is 0. The lowest BCUT2D eigenvalue weighted by atomic mass is 10.2. The van der Waals surface area contributed by atoms with Crippen LogP contribution in [0.3, 0.4) is 0 Å². The topological polar surface area (TPSA) is 57.6 Å².